The fourth-order valence-corrected chi connectivity index (χ4v) is 1.66. The molecule has 0 aliphatic heterocycles. The van der Waals surface area contributed by atoms with E-state index in [0.717, 1.165) is 0 Å². The molecule has 4 nitrogen and oxygen atoms in total. The minimum atomic E-state index is 0.535. The second-order valence-electron chi connectivity index (χ2n) is 2.57. The molecule has 5 heteroatoms. The number of aromatic amines is 1. The maximum absolute atomic E-state index is 8.95. The van der Waals surface area contributed by atoms with Crippen molar-refractivity contribution in [2.75, 3.05) is 6.26 Å². The summed E-state index contributed by atoms with van der Waals surface area (Å²) < 4.78 is 5.19. The van der Waals surface area contributed by atoms with Crippen molar-refractivity contribution >= 4 is 11.8 Å². The van der Waals surface area contributed by atoms with Gasteiger partial charge in [-0.15, -0.1) is 11.8 Å². The number of nitriles is 1. The Morgan fingerprint density at radius 1 is 1.64 bits per heavy atom. The number of rotatable bonds is 2. The highest BCUT2D eigenvalue weighted by molar-refractivity contribution is 7.98. The number of nitrogens with one attached hydrogen (secondary N) is 1. The third-order valence-corrected chi connectivity index (χ3v) is 2.49. The summed E-state index contributed by atoms with van der Waals surface area (Å²) in [4.78, 5) is 0. The van der Waals surface area contributed by atoms with Crippen LogP contribution in [0.15, 0.2) is 27.8 Å². The number of aromatic nitrogens is 2. The van der Waals surface area contributed by atoms with E-state index in [1.54, 1.807) is 18.4 Å². The summed E-state index contributed by atoms with van der Waals surface area (Å²) in [5.41, 5.74) is 1.18. The zero-order chi connectivity index (χ0) is 9.97. The molecule has 0 amide bonds. The highest BCUT2D eigenvalue weighted by Gasteiger charge is 2.15. The van der Waals surface area contributed by atoms with Gasteiger partial charge in [0, 0.05) is 0 Å². The Morgan fingerprint density at radius 2 is 2.50 bits per heavy atom. The molecule has 0 aliphatic carbocycles. The van der Waals surface area contributed by atoms with Crippen LogP contribution in [-0.2, 0) is 0 Å². The van der Waals surface area contributed by atoms with Crippen molar-refractivity contribution < 1.29 is 4.42 Å². The molecule has 2 aromatic heterocycles. The van der Waals surface area contributed by atoms with Crippen LogP contribution in [0.2, 0.25) is 0 Å². The van der Waals surface area contributed by atoms with E-state index in [0.29, 0.717) is 22.0 Å². The number of H-pyrrole nitrogens is 1. The van der Waals surface area contributed by atoms with Crippen molar-refractivity contribution in [1.82, 2.24) is 10.2 Å². The Bertz CT molecular complexity index is 467. The lowest BCUT2D eigenvalue weighted by molar-refractivity contribution is 0.579. The van der Waals surface area contributed by atoms with Crippen LogP contribution < -0.4 is 0 Å². The van der Waals surface area contributed by atoms with Crippen LogP contribution in [0.25, 0.3) is 11.5 Å². The largest absolute Gasteiger partial charge is 0.463 e. The molecule has 0 saturated carbocycles. The van der Waals surface area contributed by atoms with Crippen LogP contribution in [0.5, 0.6) is 0 Å². The molecule has 0 radical (unpaired) electrons. The molecule has 14 heavy (non-hydrogen) atoms. The third-order valence-electron chi connectivity index (χ3n) is 1.81. The predicted octanol–water partition coefficient (Wildman–Crippen LogP) is 2.26. The highest BCUT2D eigenvalue weighted by Crippen LogP contribution is 2.27. The molecule has 0 aromatic carbocycles. The van der Waals surface area contributed by atoms with Crippen LogP contribution in [0.3, 0.4) is 0 Å². The molecule has 70 valence electrons. The molecule has 0 aliphatic rings. The van der Waals surface area contributed by atoms with Crippen molar-refractivity contribution in [2.24, 2.45) is 0 Å². The lowest BCUT2D eigenvalue weighted by Gasteiger charge is -1.91. The summed E-state index contributed by atoms with van der Waals surface area (Å²) in [6.07, 6.45) is 3.44. The fourth-order valence-electron chi connectivity index (χ4n) is 1.18. The SMILES string of the molecule is CSc1n[nH]c(-c2ccco2)c1C#N. The molecule has 0 atom stereocenters. The maximum Gasteiger partial charge on any atom is 0.153 e. The summed E-state index contributed by atoms with van der Waals surface area (Å²) in [6.45, 7) is 0. The van der Waals surface area contributed by atoms with Gasteiger partial charge >= 0.3 is 0 Å². The van der Waals surface area contributed by atoms with Crippen molar-refractivity contribution in [1.29, 1.82) is 5.26 Å². The maximum atomic E-state index is 8.95. The summed E-state index contributed by atoms with van der Waals surface area (Å²) in [5.74, 6) is 0.634. The predicted molar refractivity (Wildman–Crippen MR) is 52.8 cm³/mol. The van der Waals surface area contributed by atoms with E-state index in [4.69, 9.17) is 9.68 Å². The second kappa shape index (κ2) is 3.60. The molecule has 0 saturated heterocycles. The summed E-state index contributed by atoms with van der Waals surface area (Å²) in [7, 11) is 0. The van der Waals surface area contributed by atoms with E-state index in [1.165, 1.54) is 11.8 Å². The van der Waals surface area contributed by atoms with Crippen molar-refractivity contribution in [3.05, 3.63) is 24.0 Å². The van der Waals surface area contributed by atoms with Gasteiger partial charge in [-0.25, -0.2) is 0 Å². The van der Waals surface area contributed by atoms with Gasteiger partial charge in [-0.3, -0.25) is 5.10 Å². The van der Waals surface area contributed by atoms with Gasteiger partial charge in [0.1, 0.15) is 22.4 Å². The van der Waals surface area contributed by atoms with E-state index < -0.39 is 0 Å². The van der Waals surface area contributed by atoms with E-state index in [2.05, 4.69) is 16.3 Å². The van der Waals surface area contributed by atoms with Gasteiger partial charge in [-0.05, 0) is 18.4 Å². The zero-order valence-corrected chi connectivity index (χ0v) is 8.26. The molecular formula is C9H7N3OS. The first-order valence-corrected chi connectivity index (χ1v) is 5.15. The topological polar surface area (TPSA) is 65.6 Å². The zero-order valence-electron chi connectivity index (χ0n) is 7.44. The lowest BCUT2D eigenvalue weighted by atomic mass is 10.2. The normalized spacial score (nSPS) is 10.0. The van der Waals surface area contributed by atoms with Gasteiger partial charge in [0.15, 0.2) is 5.76 Å². The van der Waals surface area contributed by atoms with Gasteiger partial charge in [-0.2, -0.15) is 10.4 Å². The number of thioether (sulfide) groups is 1. The summed E-state index contributed by atoms with van der Waals surface area (Å²) in [5, 5.41) is 16.5. The van der Waals surface area contributed by atoms with Gasteiger partial charge in [-0.1, -0.05) is 0 Å². The smallest absolute Gasteiger partial charge is 0.153 e. The minimum Gasteiger partial charge on any atom is -0.463 e. The third kappa shape index (κ3) is 1.30. The quantitative estimate of drug-likeness (QED) is 0.764. The van der Waals surface area contributed by atoms with E-state index in [1.807, 2.05) is 6.26 Å². The van der Waals surface area contributed by atoms with Crippen LogP contribution >= 0.6 is 11.8 Å². The molecule has 1 N–H and O–H groups in total. The molecule has 2 heterocycles. The van der Waals surface area contributed by atoms with Crippen LogP contribution in [0.1, 0.15) is 5.56 Å². The number of nitrogens with zero attached hydrogens (tertiary/aromatic N) is 2. The Hall–Kier alpha value is -1.67. The van der Waals surface area contributed by atoms with Crippen molar-refractivity contribution in [2.45, 2.75) is 5.03 Å². The Labute approximate surface area is 84.9 Å². The van der Waals surface area contributed by atoms with Crippen molar-refractivity contribution in [3.63, 3.8) is 0 Å². The van der Waals surface area contributed by atoms with Gasteiger partial charge in [0.25, 0.3) is 0 Å². The number of furan rings is 1. The minimum absolute atomic E-state index is 0.535. The average molecular weight is 205 g/mol. The lowest BCUT2D eigenvalue weighted by Crippen LogP contribution is -1.78. The van der Waals surface area contributed by atoms with Gasteiger partial charge < -0.3 is 4.42 Å². The summed E-state index contributed by atoms with van der Waals surface area (Å²) in [6, 6.07) is 5.67. The Morgan fingerprint density at radius 3 is 3.07 bits per heavy atom. The second-order valence-corrected chi connectivity index (χ2v) is 3.37. The van der Waals surface area contributed by atoms with Crippen molar-refractivity contribution in [3.8, 4) is 17.5 Å². The first-order chi connectivity index (χ1) is 6.86. The number of hydrogen-bond donors (Lipinski definition) is 1. The molecule has 0 unspecified atom stereocenters. The van der Waals surface area contributed by atoms with E-state index in [9.17, 15) is 0 Å². The van der Waals surface area contributed by atoms with Crippen LogP contribution in [0, 0.1) is 11.3 Å². The average Bonchev–Trinajstić information content (AvgIpc) is 2.85. The van der Waals surface area contributed by atoms with E-state index in [-0.39, 0.29) is 0 Å². The van der Waals surface area contributed by atoms with Crippen LogP contribution in [-0.4, -0.2) is 16.5 Å². The monoisotopic (exact) mass is 205 g/mol. The molecule has 0 fully saturated rings. The highest BCUT2D eigenvalue weighted by atomic mass is 32.2. The van der Waals surface area contributed by atoms with E-state index >= 15 is 0 Å². The van der Waals surface area contributed by atoms with Crippen LogP contribution in [0.4, 0.5) is 0 Å². The van der Waals surface area contributed by atoms with Gasteiger partial charge in [0.05, 0.1) is 6.26 Å². The standard InChI is InChI=1S/C9H7N3OS/c1-14-9-6(5-10)8(11-12-9)7-3-2-4-13-7/h2-4H,1H3,(H,11,12). The molecule has 2 aromatic rings. The Balaban J connectivity index is 2.56. The first kappa shape index (κ1) is 8.91. The number of hydrogen-bond acceptors (Lipinski definition) is 4. The first-order valence-electron chi connectivity index (χ1n) is 3.93. The van der Waals surface area contributed by atoms with Gasteiger partial charge in [0.2, 0.25) is 0 Å². The molecule has 0 bridgehead atoms. The summed E-state index contributed by atoms with van der Waals surface area (Å²) >= 11 is 1.43. The molecular weight excluding hydrogens is 198 g/mol. The molecule has 0 spiro atoms. The molecule has 2 rings (SSSR count). The fraction of sp³-hybridized carbons (Fsp3) is 0.111. The Kier molecular flexibility index (Phi) is 2.29.